The summed E-state index contributed by atoms with van der Waals surface area (Å²) in [5, 5.41) is 3.40. The number of aryl methyl sites for hydroxylation is 1. The quantitative estimate of drug-likeness (QED) is 0.913. The summed E-state index contributed by atoms with van der Waals surface area (Å²) in [5.74, 6) is 0.382. The van der Waals surface area contributed by atoms with Crippen LogP contribution in [0.25, 0.3) is 0 Å². The van der Waals surface area contributed by atoms with Crippen LogP contribution in [0, 0.1) is 12.8 Å². The van der Waals surface area contributed by atoms with Crippen molar-refractivity contribution in [2.45, 2.75) is 19.8 Å². The van der Waals surface area contributed by atoms with Gasteiger partial charge in [0.25, 0.3) is 5.91 Å². The van der Waals surface area contributed by atoms with Crippen LogP contribution < -0.4 is 5.32 Å². The number of anilines is 1. The SMILES string of the molecule is Cc1ccc(NC(=O)C2CCN(C(=O)c3cccc(Cl)c3)CC2)nc1. The molecule has 0 bridgehead atoms. The van der Waals surface area contributed by atoms with E-state index in [1.165, 1.54) is 0 Å². The van der Waals surface area contributed by atoms with E-state index in [-0.39, 0.29) is 17.7 Å². The van der Waals surface area contributed by atoms with Crippen LogP contribution in [-0.4, -0.2) is 34.8 Å². The summed E-state index contributed by atoms with van der Waals surface area (Å²) in [6.45, 7) is 3.07. The number of nitrogens with zero attached hydrogens (tertiary/aromatic N) is 2. The molecule has 130 valence electrons. The lowest BCUT2D eigenvalue weighted by Gasteiger charge is -2.31. The summed E-state index contributed by atoms with van der Waals surface area (Å²) < 4.78 is 0. The molecule has 25 heavy (non-hydrogen) atoms. The Morgan fingerprint density at radius 2 is 1.96 bits per heavy atom. The van der Waals surface area contributed by atoms with Gasteiger partial charge < -0.3 is 10.2 Å². The largest absolute Gasteiger partial charge is 0.339 e. The minimum Gasteiger partial charge on any atom is -0.339 e. The molecule has 0 radical (unpaired) electrons. The number of halogens is 1. The fraction of sp³-hybridized carbons (Fsp3) is 0.316. The van der Waals surface area contributed by atoms with Crippen molar-refractivity contribution in [1.29, 1.82) is 0 Å². The molecule has 5 nitrogen and oxygen atoms in total. The maximum atomic E-state index is 12.5. The second kappa shape index (κ2) is 7.66. The zero-order valence-electron chi connectivity index (χ0n) is 14.0. The Morgan fingerprint density at radius 3 is 2.60 bits per heavy atom. The van der Waals surface area contributed by atoms with Crippen molar-refractivity contribution in [2.75, 3.05) is 18.4 Å². The van der Waals surface area contributed by atoms with E-state index >= 15 is 0 Å². The van der Waals surface area contributed by atoms with Gasteiger partial charge in [-0.25, -0.2) is 4.98 Å². The lowest BCUT2D eigenvalue weighted by Crippen LogP contribution is -2.41. The zero-order valence-corrected chi connectivity index (χ0v) is 14.8. The molecule has 1 fully saturated rings. The lowest BCUT2D eigenvalue weighted by atomic mass is 9.95. The lowest BCUT2D eigenvalue weighted by molar-refractivity contribution is -0.121. The first-order valence-electron chi connectivity index (χ1n) is 8.31. The zero-order chi connectivity index (χ0) is 17.8. The number of amides is 2. The van der Waals surface area contributed by atoms with E-state index in [0.29, 0.717) is 42.3 Å². The number of pyridine rings is 1. The molecule has 0 atom stereocenters. The molecule has 0 unspecified atom stereocenters. The van der Waals surface area contributed by atoms with Gasteiger partial charge in [-0.2, -0.15) is 0 Å². The molecule has 1 aliphatic rings. The third kappa shape index (κ3) is 4.37. The first-order chi connectivity index (χ1) is 12.0. The second-order valence-electron chi connectivity index (χ2n) is 6.29. The normalized spacial score (nSPS) is 15.0. The Labute approximate surface area is 152 Å². The summed E-state index contributed by atoms with van der Waals surface area (Å²) in [6.07, 6.45) is 3.01. The predicted octanol–water partition coefficient (Wildman–Crippen LogP) is 3.53. The van der Waals surface area contributed by atoms with E-state index in [9.17, 15) is 9.59 Å². The number of carbonyl (C=O) groups is 2. The smallest absolute Gasteiger partial charge is 0.253 e. The van der Waals surface area contributed by atoms with Crippen molar-refractivity contribution < 1.29 is 9.59 Å². The Bertz CT molecular complexity index is 768. The molecule has 0 aliphatic carbocycles. The summed E-state index contributed by atoms with van der Waals surface area (Å²) in [6, 6.07) is 10.7. The molecule has 2 amide bonds. The molecule has 1 aromatic heterocycles. The fourth-order valence-electron chi connectivity index (χ4n) is 2.92. The van der Waals surface area contributed by atoms with Crippen molar-refractivity contribution in [3.8, 4) is 0 Å². The number of hydrogen-bond donors (Lipinski definition) is 1. The predicted molar refractivity (Wildman–Crippen MR) is 97.7 cm³/mol. The topological polar surface area (TPSA) is 62.3 Å². The maximum Gasteiger partial charge on any atom is 0.253 e. The Morgan fingerprint density at radius 1 is 1.20 bits per heavy atom. The van der Waals surface area contributed by atoms with E-state index in [2.05, 4.69) is 10.3 Å². The van der Waals surface area contributed by atoms with E-state index < -0.39 is 0 Å². The van der Waals surface area contributed by atoms with Crippen LogP contribution in [0.3, 0.4) is 0 Å². The van der Waals surface area contributed by atoms with Crippen molar-refractivity contribution in [1.82, 2.24) is 9.88 Å². The molecule has 2 heterocycles. The minimum absolute atomic E-state index is 0.0359. The molecule has 1 saturated heterocycles. The number of piperidine rings is 1. The molecule has 1 N–H and O–H groups in total. The highest BCUT2D eigenvalue weighted by molar-refractivity contribution is 6.30. The standard InChI is InChI=1S/C19H20ClN3O2/c1-13-5-6-17(21-12-13)22-18(24)14-7-9-23(10-8-14)19(25)15-3-2-4-16(20)11-15/h2-6,11-12,14H,7-10H2,1H3,(H,21,22,24). The Balaban J connectivity index is 1.55. The van der Waals surface area contributed by atoms with E-state index in [1.807, 2.05) is 13.0 Å². The van der Waals surface area contributed by atoms with Crippen LogP contribution in [-0.2, 0) is 4.79 Å². The van der Waals surface area contributed by atoms with Gasteiger partial charge in [-0.3, -0.25) is 9.59 Å². The molecular formula is C19H20ClN3O2. The summed E-state index contributed by atoms with van der Waals surface area (Å²) in [7, 11) is 0. The van der Waals surface area contributed by atoms with Crippen LogP contribution in [0.2, 0.25) is 5.02 Å². The van der Waals surface area contributed by atoms with Gasteiger partial charge in [-0.05, 0) is 49.6 Å². The number of benzene rings is 1. The van der Waals surface area contributed by atoms with Gasteiger partial charge >= 0.3 is 0 Å². The van der Waals surface area contributed by atoms with E-state index in [4.69, 9.17) is 11.6 Å². The van der Waals surface area contributed by atoms with Gasteiger partial charge in [0.2, 0.25) is 5.91 Å². The first-order valence-corrected chi connectivity index (χ1v) is 8.69. The maximum absolute atomic E-state index is 12.5. The molecular weight excluding hydrogens is 338 g/mol. The van der Waals surface area contributed by atoms with Crippen LogP contribution in [0.5, 0.6) is 0 Å². The van der Waals surface area contributed by atoms with Crippen molar-refractivity contribution >= 4 is 29.2 Å². The number of hydrogen-bond acceptors (Lipinski definition) is 3. The monoisotopic (exact) mass is 357 g/mol. The van der Waals surface area contributed by atoms with Crippen LogP contribution in [0.1, 0.15) is 28.8 Å². The average molecular weight is 358 g/mol. The third-order valence-electron chi connectivity index (χ3n) is 4.39. The van der Waals surface area contributed by atoms with E-state index in [1.54, 1.807) is 41.4 Å². The third-order valence-corrected chi connectivity index (χ3v) is 4.62. The van der Waals surface area contributed by atoms with Gasteiger partial charge in [0, 0.05) is 35.8 Å². The van der Waals surface area contributed by atoms with E-state index in [0.717, 1.165) is 5.56 Å². The van der Waals surface area contributed by atoms with Crippen molar-refractivity contribution in [3.63, 3.8) is 0 Å². The van der Waals surface area contributed by atoms with Crippen molar-refractivity contribution in [3.05, 3.63) is 58.7 Å². The number of carbonyl (C=O) groups excluding carboxylic acids is 2. The summed E-state index contributed by atoms with van der Waals surface area (Å²) >= 11 is 5.95. The second-order valence-corrected chi connectivity index (χ2v) is 6.72. The molecule has 0 saturated carbocycles. The molecule has 1 aliphatic heterocycles. The highest BCUT2D eigenvalue weighted by atomic mass is 35.5. The van der Waals surface area contributed by atoms with Gasteiger partial charge in [0.1, 0.15) is 5.82 Å². The minimum atomic E-state index is -0.105. The summed E-state index contributed by atoms with van der Waals surface area (Å²) in [5.41, 5.74) is 1.63. The van der Waals surface area contributed by atoms with Crippen LogP contribution in [0.15, 0.2) is 42.6 Å². The van der Waals surface area contributed by atoms with Gasteiger partial charge in [-0.15, -0.1) is 0 Å². The highest BCUT2D eigenvalue weighted by Gasteiger charge is 2.28. The number of likely N-dealkylation sites (tertiary alicyclic amines) is 1. The Hall–Kier alpha value is -2.40. The molecule has 6 heteroatoms. The molecule has 3 rings (SSSR count). The van der Waals surface area contributed by atoms with Gasteiger partial charge in [0.05, 0.1) is 0 Å². The number of aromatic nitrogens is 1. The summed E-state index contributed by atoms with van der Waals surface area (Å²) in [4.78, 5) is 30.9. The molecule has 2 aromatic rings. The van der Waals surface area contributed by atoms with Crippen LogP contribution in [0.4, 0.5) is 5.82 Å². The molecule has 1 aromatic carbocycles. The van der Waals surface area contributed by atoms with Gasteiger partial charge in [0.15, 0.2) is 0 Å². The van der Waals surface area contributed by atoms with Crippen LogP contribution >= 0.6 is 11.6 Å². The fourth-order valence-corrected chi connectivity index (χ4v) is 3.11. The molecule has 0 spiro atoms. The average Bonchev–Trinajstić information content (AvgIpc) is 2.63. The van der Waals surface area contributed by atoms with Gasteiger partial charge in [-0.1, -0.05) is 23.7 Å². The number of nitrogens with one attached hydrogen (secondary N) is 1. The first kappa shape index (κ1) is 17.4. The Kier molecular flexibility index (Phi) is 5.34. The van der Waals surface area contributed by atoms with Crippen molar-refractivity contribution in [2.24, 2.45) is 5.92 Å². The highest BCUT2D eigenvalue weighted by Crippen LogP contribution is 2.21. The number of rotatable bonds is 3.